The molecule has 2 aromatic rings. The van der Waals surface area contributed by atoms with Crippen LogP contribution in [0.1, 0.15) is 53.2 Å². The maximum Gasteiger partial charge on any atom is 0.410 e. The summed E-state index contributed by atoms with van der Waals surface area (Å²) in [6.07, 6.45) is -1.02. The van der Waals surface area contributed by atoms with E-state index < -0.39 is 17.6 Å². The largest absolute Gasteiger partial charge is 0.441 e. The van der Waals surface area contributed by atoms with Gasteiger partial charge >= 0.3 is 6.09 Å². The van der Waals surface area contributed by atoms with E-state index in [4.69, 9.17) is 9.26 Å². The second-order valence-corrected chi connectivity index (χ2v) is 8.10. The number of carbonyl (C=O) groups excluding carboxylic acids is 2. The van der Waals surface area contributed by atoms with E-state index in [2.05, 4.69) is 5.16 Å². The van der Waals surface area contributed by atoms with Crippen LogP contribution in [-0.4, -0.2) is 51.1 Å². The molecule has 2 aromatic heterocycles. The number of rotatable bonds is 4. The molecule has 9 heteroatoms. The number of alkyl halides is 2. The monoisotopic (exact) mass is 407 g/mol. The number of nitrogens with zero attached hydrogens (tertiary/aromatic N) is 3. The Morgan fingerprint density at radius 1 is 1.17 bits per heavy atom. The Morgan fingerprint density at radius 2 is 1.86 bits per heavy atom. The highest BCUT2D eigenvalue weighted by atomic mass is 19.3. The summed E-state index contributed by atoms with van der Waals surface area (Å²) in [6, 6.07) is 3.52. The Labute approximate surface area is 166 Å². The summed E-state index contributed by atoms with van der Waals surface area (Å²) in [4.78, 5) is 26.5. The Balaban J connectivity index is 1.50. The first kappa shape index (κ1) is 19.6. The smallest absolute Gasteiger partial charge is 0.410 e. The molecule has 1 spiro atoms. The minimum Gasteiger partial charge on any atom is -0.441 e. The van der Waals surface area contributed by atoms with Crippen LogP contribution in [0.4, 0.5) is 13.6 Å². The molecule has 2 fully saturated rings. The van der Waals surface area contributed by atoms with Crippen LogP contribution in [0.3, 0.4) is 0 Å². The number of Topliss-reactive ketones (excluding diaryl/α,β-unsaturated/α-hetero) is 1. The highest BCUT2D eigenvalue weighted by molar-refractivity contribution is 6.00. The van der Waals surface area contributed by atoms with Crippen LogP contribution in [0.25, 0.3) is 5.82 Å². The minimum absolute atomic E-state index is 0.108. The van der Waals surface area contributed by atoms with Crippen molar-refractivity contribution in [1.29, 1.82) is 0 Å². The van der Waals surface area contributed by atoms with Crippen LogP contribution in [0.5, 0.6) is 0 Å². The average Bonchev–Trinajstić information content (AvgIpc) is 3.28. The first-order chi connectivity index (χ1) is 13.6. The molecule has 1 aliphatic carbocycles. The molecule has 2 aliphatic rings. The van der Waals surface area contributed by atoms with Gasteiger partial charge in [-0.25, -0.2) is 13.6 Å². The van der Waals surface area contributed by atoms with Crippen LogP contribution in [0.15, 0.2) is 16.7 Å². The Morgan fingerprint density at radius 3 is 2.48 bits per heavy atom. The van der Waals surface area contributed by atoms with Gasteiger partial charge in [-0.1, -0.05) is 5.16 Å². The molecule has 0 radical (unpaired) electrons. The van der Waals surface area contributed by atoms with Crippen molar-refractivity contribution >= 4 is 11.9 Å². The molecular formula is C20H23F2N3O4. The van der Waals surface area contributed by atoms with Gasteiger partial charge in [0.25, 0.3) is 0 Å². The summed E-state index contributed by atoms with van der Waals surface area (Å²) < 4.78 is 39.3. The number of hydrogen-bond acceptors (Lipinski definition) is 5. The maximum atomic E-state index is 13.5. The highest BCUT2D eigenvalue weighted by Crippen LogP contribution is 2.43. The van der Waals surface area contributed by atoms with E-state index in [0.29, 0.717) is 22.8 Å². The van der Waals surface area contributed by atoms with Crippen LogP contribution in [0.2, 0.25) is 0 Å². The van der Waals surface area contributed by atoms with E-state index in [0.717, 1.165) is 5.69 Å². The SMILES string of the molecule is Cc1cc(-n2c(C)cc(C(=O)CN3CC4(CCC(F)(F)CC4)OC3=O)c2C)no1. The third kappa shape index (κ3) is 3.54. The Kier molecular flexibility index (Phi) is 4.51. The summed E-state index contributed by atoms with van der Waals surface area (Å²) in [5.41, 5.74) is 1.08. The summed E-state index contributed by atoms with van der Waals surface area (Å²) >= 11 is 0. The second-order valence-electron chi connectivity index (χ2n) is 8.10. The van der Waals surface area contributed by atoms with Crippen LogP contribution in [-0.2, 0) is 4.74 Å². The van der Waals surface area contributed by atoms with Gasteiger partial charge in [-0.05, 0) is 39.7 Å². The van der Waals surface area contributed by atoms with E-state index >= 15 is 0 Å². The first-order valence-electron chi connectivity index (χ1n) is 9.61. The van der Waals surface area contributed by atoms with E-state index in [1.165, 1.54) is 4.90 Å². The number of hydrogen-bond donors (Lipinski definition) is 0. The minimum atomic E-state index is -2.71. The molecule has 1 amide bonds. The van der Waals surface area contributed by atoms with Crippen molar-refractivity contribution in [1.82, 2.24) is 14.6 Å². The lowest BCUT2D eigenvalue weighted by Gasteiger charge is -2.34. The van der Waals surface area contributed by atoms with Crippen molar-refractivity contribution in [3.05, 3.63) is 34.8 Å². The van der Waals surface area contributed by atoms with Crippen molar-refractivity contribution in [2.24, 2.45) is 0 Å². The molecule has 29 heavy (non-hydrogen) atoms. The fourth-order valence-corrected chi connectivity index (χ4v) is 4.26. The van der Waals surface area contributed by atoms with E-state index in [9.17, 15) is 18.4 Å². The van der Waals surface area contributed by atoms with Gasteiger partial charge in [-0.15, -0.1) is 0 Å². The molecule has 1 saturated heterocycles. The van der Waals surface area contributed by atoms with Crippen molar-refractivity contribution in [2.45, 2.75) is 58.0 Å². The molecule has 0 unspecified atom stereocenters. The molecule has 0 N–H and O–H groups in total. The Hall–Kier alpha value is -2.71. The van der Waals surface area contributed by atoms with Crippen molar-refractivity contribution in [3.63, 3.8) is 0 Å². The number of aryl methyl sites for hydroxylation is 2. The van der Waals surface area contributed by atoms with Gasteiger partial charge in [0, 0.05) is 35.9 Å². The van der Waals surface area contributed by atoms with Gasteiger partial charge in [-0.2, -0.15) is 0 Å². The van der Waals surface area contributed by atoms with Gasteiger partial charge in [-0.3, -0.25) is 14.3 Å². The molecule has 0 bridgehead atoms. The molecule has 156 valence electrons. The zero-order chi connectivity index (χ0) is 21.0. The average molecular weight is 407 g/mol. The normalized spacial score (nSPS) is 20.3. The predicted octanol–water partition coefficient (Wildman–Crippen LogP) is 3.97. The van der Waals surface area contributed by atoms with E-state index in [1.54, 1.807) is 26.0 Å². The number of ether oxygens (including phenoxy) is 1. The van der Waals surface area contributed by atoms with Crippen LogP contribution >= 0.6 is 0 Å². The van der Waals surface area contributed by atoms with Crippen molar-refractivity contribution in [2.75, 3.05) is 13.1 Å². The molecule has 4 rings (SSSR count). The van der Waals surface area contributed by atoms with Crippen molar-refractivity contribution < 1.29 is 27.6 Å². The third-order valence-electron chi connectivity index (χ3n) is 5.84. The van der Waals surface area contributed by atoms with Crippen LogP contribution in [0, 0.1) is 20.8 Å². The van der Waals surface area contributed by atoms with Gasteiger partial charge in [0.2, 0.25) is 5.92 Å². The fourth-order valence-electron chi connectivity index (χ4n) is 4.26. The quantitative estimate of drug-likeness (QED) is 0.717. The lowest BCUT2D eigenvalue weighted by atomic mass is 9.82. The summed E-state index contributed by atoms with van der Waals surface area (Å²) in [5, 5.41) is 4.00. The third-order valence-corrected chi connectivity index (χ3v) is 5.84. The van der Waals surface area contributed by atoms with Gasteiger partial charge in [0.15, 0.2) is 11.6 Å². The summed E-state index contributed by atoms with van der Waals surface area (Å²) in [5.74, 6) is -1.71. The van der Waals surface area contributed by atoms with Gasteiger partial charge in [0.1, 0.15) is 11.4 Å². The standard InChI is InChI=1S/C20H23F2N3O4/c1-12-8-15(14(3)25(12)17-9-13(2)29-23-17)16(26)10-24-11-19(28-18(24)27)4-6-20(21,22)7-5-19/h8-9H,4-7,10-11H2,1-3H3. The maximum absolute atomic E-state index is 13.5. The number of aromatic nitrogens is 2. The lowest BCUT2D eigenvalue weighted by Crippen LogP contribution is -2.42. The second kappa shape index (κ2) is 6.67. The van der Waals surface area contributed by atoms with Crippen LogP contribution < -0.4 is 0 Å². The topological polar surface area (TPSA) is 77.6 Å². The number of amides is 1. The molecule has 7 nitrogen and oxygen atoms in total. The molecule has 0 aromatic carbocycles. The highest BCUT2D eigenvalue weighted by Gasteiger charge is 2.51. The number of halogens is 2. The molecule has 0 atom stereocenters. The molecular weight excluding hydrogens is 384 g/mol. The zero-order valence-electron chi connectivity index (χ0n) is 16.6. The number of ketones is 1. The number of carbonyl (C=O) groups is 2. The van der Waals surface area contributed by atoms with Gasteiger partial charge in [0.05, 0.1) is 13.1 Å². The Bertz CT molecular complexity index is 969. The lowest BCUT2D eigenvalue weighted by molar-refractivity contribution is -0.0910. The van der Waals surface area contributed by atoms with E-state index in [1.807, 2.05) is 11.5 Å². The van der Waals surface area contributed by atoms with E-state index in [-0.39, 0.29) is 44.6 Å². The molecule has 3 heterocycles. The van der Waals surface area contributed by atoms with Crippen molar-refractivity contribution in [3.8, 4) is 5.82 Å². The first-order valence-corrected chi connectivity index (χ1v) is 9.61. The molecule has 1 saturated carbocycles. The summed E-state index contributed by atoms with van der Waals surface area (Å²) in [6.45, 7) is 5.45. The predicted molar refractivity (Wildman–Crippen MR) is 98.6 cm³/mol. The fraction of sp³-hybridized carbons (Fsp3) is 0.550. The molecule has 1 aliphatic heterocycles. The van der Waals surface area contributed by atoms with Gasteiger partial charge < -0.3 is 9.26 Å². The summed E-state index contributed by atoms with van der Waals surface area (Å²) in [7, 11) is 0. The zero-order valence-corrected chi connectivity index (χ0v) is 16.6.